The second-order valence-corrected chi connectivity index (χ2v) is 5.35. The molecule has 0 aliphatic carbocycles. The monoisotopic (exact) mass is 316 g/mol. The van der Waals surface area contributed by atoms with Crippen LogP contribution in [0.1, 0.15) is 18.1 Å². The van der Waals surface area contributed by atoms with Crippen molar-refractivity contribution >= 4 is 34.8 Å². The number of halogens is 1. The molecule has 2 amide bonds. The molecule has 2 aromatic rings. The molecule has 0 spiro atoms. The Balaban J connectivity index is 2.02. The van der Waals surface area contributed by atoms with Crippen LogP contribution < -0.4 is 10.6 Å². The van der Waals surface area contributed by atoms with Crippen LogP contribution in [0.4, 0.5) is 11.4 Å². The third-order valence-corrected chi connectivity index (χ3v) is 3.51. The summed E-state index contributed by atoms with van der Waals surface area (Å²) in [6.07, 6.45) is 0.919. The van der Waals surface area contributed by atoms with E-state index in [0.29, 0.717) is 16.4 Å². The van der Waals surface area contributed by atoms with Gasteiger partial charge in [-0.15, -0.1) is 0 Å². The van der Waals surface area contributed by atoms with Crippen LogP contribution in [0.25, 0.3) is 0 Å². The van der Waals surface area contributed by atoms with Crippen molar-refractivity contribution in [3.8, 4) is 0 Å². The molecule has 22 heavy (non-hydrogen) atoms. The third-order valence-electron chi connectivity index (χ3n) is 3.27. The lowest BCUT2D eigenvalue weighted by Crippen LogP contribution is -2.29. The van der Waals surface area contributed by atoms with Gasteiger partial charge in [0, 0.05) is 16.4 Å². The highest BCUT2D eigenvalue weighted by atomic mass is 35.5. The summed E-state index contributed by atoms with van der Waals surface area (Å²) < 4.78 is 0. The van der Waals surface area contributed by atoms with Crippen molar-refractivity contribution in [2.75, 3.05) is 10.6 Å². The van der Waals surface area contributed by atoms with E-state index >= 15 is 0 Å². The highest BCUT2D eigenvalue weighted by Gasteiger charge is 2.15. The molecular formula is C17H17ClN2O2. The molecule has 0 saturated heterocycles. The Labute approximate surface area is 134 Å². The molecule has 0 saturated carbocycles. The number of carbonyl (C=O) groups excluding carboxylic acids is 2. The predicted molar refractivity (Wildman–Crippen MR) is 89.3 cm³/mol. The summed E-state index contributed by atoms with van der Waals surface area (Å²) in [5, 5.41) is 5.62. The van der Waals surface area contributed by atoms with Gasteiger partial charge in [-0.3, -0.25) is 9.59 Å². The van der Waals surface area contributed by atoms with E-state index in [4.69, 9.17) is 11.6 Å². The number of rotatable bonds is 3. The minimum absolute atomic E-state index is 0.497. The van der Waals surface area contributed by atoms with Crippen LogP contribution in [0.15, 0.2) is 42.5 Å². The average Bonchev–Trinajstić information content (AvgIpc) is 2.51. The molecule has 0 heterocycles. The van der Waals surface area contributed by atoms with E-state index in [1.54, 1.807) is 30.3 Å². The Hall–Kier alpha value is -2.33. The van der Waals surface area contributed by atoms with Gasteiger partial charge in [0.05, 0.1) is 0 Å². The quantitative estimate of drug-likeness (QED) is 0.846. The zero-order valence-corrected chi connectivity index (χ0v) is 13.2. The molecule has 2 N–H and O–H groups in total. The summed E-state index contributed by atoms with van der Waals surface area (Å²) in [5.41, 5.74) is 3.10. The van der Waals surface area contributed by atoms with Gasteiger partial charge >= 0.3 is 11.8 Å². The van der Waals surface area contributed by atoms with Gasteiger partial charge in [0.1, 0.15) is 0 Å². The highest BCUT2D eigenvalue weighted by Crippen LogP contribution is 2.20. The molecule has 2 rings (SSSR count). The first-order valence-corrected chi connectivity index (χ1v) is 7.35. The zero-order chi connectivity index (χ0) is 16.1. The maximum atomic E-state index is 11.9. The van der Waals surface area contributed by atoms with Crippen molar-refractivity contribution in [2.24, 2.45) is 0 Å². The van der Waals surface area contributed by atoms with E-state index in [1.165, 1.54) is 0 Å². The van der Waals surface area contributed by atoms with Gasteiger partial charge in [0.25, 0.3) is 0 Å². The lowest BCUT2D eigenvalue weighted by Gasteiger charge is -2.09. The van der Waals surface area contributed by atoms with Gasteiger partial charge in [-0.25, -0.2) is 0 Å². The minimum Gasteiger partial charge on any atom is -0.318 e. The predicted octanol–water partition coefficient (Wildman–Crippen LogP) is 3.79. The van der Waals surface area contributed by atoms with E-state index in [-0.39, 0.29) is 0 Å². The second kappa shape index (κ2) is 7.09. The normalized spacial score (nSPS) is 10.1. The molecular weight excluding hydrogens is 300 g/mol. The van der Waals surface area contributed by atoms with Gasteiger partial charge < -0.3 is 10.6 Å². The fraction of sp³-hybridized carbons (Fsp3) is 0.176. The fourth-order valence-electron chi connectivity index (χ4n) is 1.92. The topological polar surface area (TPSA) is 58.2 Å². The smallest absolute Gasteiger partial charge is 0.314 e. The Morgan fingerprint density at radius 3 is 2.27 bits per heavy atom. The summed E-state index contributed by atoms with van der Waals surface area (Å²) >= 11 is 5.89. The van der Waals surface area contributed by atoms with E-state index in [1.807, 2.05) is 26.0 Å². The van der Waals surface area contributed by atoms with Gasteiger partial charge in [-0.2, -0.15) is 0 Å². The maximum Gasteiger partial charge on any atom is 0.314 e. The van der Waals surface area contributed by atoms with Gasteiger partial charge in [0.2, 0.25) is 0 Å². The summed E-state index contributed by atoms with van der Waals surface area (Å²) in [6.45, 7) is 3.88. The number of nitrogens with one attached hydrogen (secondary N) is 2. The molecule has 4 nitrogen and oxygen atoms in total. The molecule has 0 atom stereocenters. The Bertz CT molecular complexity index is 696. The summed E-state index contributed by atoms with van der Waals surface area (Å²) in [4.78, 5) is 23.8. The average molecular weight is 317 g/mol. The number of anilines is 2. The molecule has 0 bridgehead atoms. The maximum absolute atomic E-state index is 11.9. The van der Waals surface area contributed by atoms with E-state index in [9.17, 15) is 9.59 Å². The molecule has 0 aliphatic heterocycles. The second-order valence-electron chi connectivity index (χ2n) is 4.92. The molecule has 0 aliphatic rings. The molecule has 114 valence electrons. The summed E-state index contributed by atoms with van der Waals surface area (Å²) in [7, 11) is 0. The van der Waals surface area contributed by atoms with Gasteiger partial charge in [-0.1, -0.05) is 36.7 Å². The molecule has 0 aromatic heterocycles. The van der Waals surface area contributed by atoms with Crippen LogP contribution in [0.5, 0.6) is 0 Å². The Kier molecular flexibility index (Phi) is 5.17. The molecule has 0 radical (unpaired) electrons. The number of carbonyl (C=O) groups is 2. The lowest BCUT2D eigenvalue weighted by atomic mass is 10.1. The zero-order valence-electron chi connectivity index (χ0n) is 12.4. The molecule has 2 aromatic carbocycles. The van der Waals surface area contributed by atoms with Crippen molar-refractivity contribution in [1.82, 2.24) is 0 Å². The van der Waals surface area contributed by atoms with Crippen LogP contribution in [-0.4, -0.2) is 11.8 Å². The van der Waals surface area contributed by atoms with Crippen molar-refractivity contribution in [2.45, 2.75) is 20.3 Å². The molecule has 0 unspecified atom stereocenters. The minimum atomic E-state index is -0.732. The van der Waals surface area contributed by atoms with E-state index in [2.05, 4.69) is 10.6 Å². The van der Waals surface area contributed by atoms with Crippen molar-refractivity contribution < 1.29 is 9.59 Å². The Morgan fingerprint density at radius 1 is 1.00 bits per heavy atom. The fourth-order valence-corrected chi connectivity index (χ4v) is 2.09. The van der Waals surface area contributed by atoms with Crippen molar-refractivity contribution in [1.29, 1.82) is 0 Å². The third kappa shape index (κ3) is 4.09. The standard InChI is InChI=1S/C17H17ClN2O2/c1-3-12-5-8-14(9-6-12)19-16(21)17(22)20-15-10-13(18)7-4-11(15)2/h4-10H,3H2,1-2H3,(H,19,21)(H,20,22). The number of hydrogen-bond acceptors (Lipinski definition) is 2. The van der Waals surface area contributed by atoms with Gasteiger partial charge in [0.15, 0.2) is 0 Å². The molecule has 5 heteroatoms. The van der Waals surface area contributed by atoms with Crippen LogP contribution in [-0.2, 0) is 16.0 Å². The van der Waals surface area contributed by atoms with E-state index in [0.717, 1.165) is 17.5 Å². The first-order valence-electron chi connectivity index (χ1n) is 6.97. The summed E-state index contributed by atoms with van der Waals surface area (Å²) in [5.74, 6) is -1.45. The first kappa shape index (κ1) is 16.0. The van der Waals surface area contributed by atoms with Crippen molar-refractivity contribution in [3.63, 3.8) is 0 Å². The number of hydrogen-bond donors (Lipinski definition) is 2. The number of aryl methyl sites for hydroxylation is 2. The lowest BCUT2D eigenvalue weighted by molar-refractivity contribution is -0.133. The van der Waals surface area contributed by atoms with Crippen LogP contribution >= 0.6 is 11.6 Å². The first-order chi connectivity index (χ1) is 10.5. The van der Waals surface area contributed by atoms with Gasteiger partial charge in [-0.05, 0) is 48.7 Å². The summed E-state index contributed by atoms with van der Waals surface area (Å²) in [6, 6.07) is 12.5. The largest absolute Gasteiger partial charge is 0.318 e. The van der Waals surface area contributed by atoms with Crippen LogP contribution in [0.3, 0.4) is 0 Å². The number of amides is 2. The number of benzene rings is 2. The van der Waals surface area contributed by atoms with Crippen LogP contribution in [0, 0.1) is 6.92 Å². The Morgan fingerprint density at radius 2 is 1.64 bits per heavy atom. The highest BCUT2D eigenvalue weighted by molar-refractivity contribution is 6.43. The van der Waals surface area contributed by atoms with Crippen LogP contribution in [0.2, 0.25) is 5.02 Å². The van der Waals surface area contributed by atoms with E-state index < -0.39 is 11.8 Å². The molecule has 0 fully saturated rings. The van der Waals surface area contributed by atoms with Crippen molar-refractivity contribution in [3.05, 3.63) is 58.6 Å². The SMILES string of the molecule is CCc1ccc(NC(=O)C(=O)Nc2cc(Cl)ccc2C)cc1.